The highest BCUT2D eigenvalue weighted by atomic mass is 32.2. The van der Waals surface area contributed by atoms with E-state index in [0.29, 0.717) is 12.4 Å². The third-order valence-electron chi connectivity index (χ3n) is 1.86. The number of nitrogens with one attached hydrogen (secondary N) is 2. The summed E-state index contributed by atoms with van der Waals surface area (Å²) in [5.74, 6) is 0.509. The van der Waals surface area contributed by atoms with Crippen molar-refractivity contribution in [2.45, 2.75) is 18.2 Å². The van der Waals surface area contributed by atoms with Crippen LogP contribution in [0.15, 0.2) is 4.90 Å². The van der Waals surface area contributed by atoms with Crippen molar-refractivity contribution in [3.05, 3.63) is 0 Å². The van der Waals surface area contributed by atoms with E-state index >= 15 is 0 Å². The van der Waals surface area contributed by atoms with Crippen LogP contribution < -0.4 is 16.4 Å². The molecule has 1 rings (SSSR count). The average Bonchev–Trinajstić information content (AvgIpc) is 2.64. The molecule has 0 aliphatic heterocycles. The van der Waals surface area contributed by atoms with Gasteiger partial charge in [0.15, 0.2) is 5.82 Å². The van der Waals surface area contributed by atoms with Crippen molar-refractivity contribution in [2.24, 2.45) is 0 Å². The Kier molecular flexibility index (Phi) is 5.41. The molecule has 0 atom stereocenters. The first-order chi connectivity index (χ1) is 7.69. The Balaban J connectivity index is 2.45. The van der Waals surface area contributed by atoms with E-state index in [4.69, 9.17) is 5.73 Å². The summed E-state index contributed by atoms with van der Waals surface area (Å²) in [5, 5.41) is 6.69. The van der Waals surface area contributed by atoms with Gasteiger partial charge in [-0.25, -0.2) is 0 Å². The van der Waals surface area contributed by atoms with E-state index in [2.05, 4.69) is 15.0 Å². The summed E-state index contributed by atoms with van der Waals surface area (Å²) in [6, 6.07) is 0. The number of aromatic nitrogens is 1. The zero-order valence-electron chi connectivity index (χ0n) is 9.37. The third kappa shape index (κ3) is 3.57. The summed E-state index contributed by atoms with van der Waals surface area (Å²) in [6.07, 6.45) is 2.87. The molecular weight excluding hydrogens is 244 g/mol. The number of hydrogen-bond donors (Lipinski definition) is 3. The molecule has 1 heterocycles. The van der Waals surface area contributed by atoms with Gasteiger partial charge in [-0.05, 0) is 24.2 Å². The van der Waals surface area contributed by atoms with E-state index in [9.17, 15) is 4.79 Å². The van der Waals surface area contributed by atoms with Gasteiger partial charge in [0.05, 0.1) is 11.4 Å². The van der Waals surface area contributed by atoms with Crippen LogP contribution in [0.5, 0.6) is 0 Å². The molecule has 1 aromatic rings. The largest absolute Gasteiger partial charge is 0.382 e. The molecule has 16 heavy (non-hydrogen) atoms. The van der Waals surface area contributed by atoms with Gasteiger partial charge in [0.25, 0.3) is 0 Å². The summed E-state index contributed by atoms with van der Waals surface area (Å²) in [5.41, 5.74) is 5.68. The number of carbonyl (C=O) groups is 1. The maximum absolute atomic E-state index is 11.4. The van der Waals surface area contributed by atoms with E-state index in [1.165, 1.54) is 23.3 Å². The minimum Gasteiger partial charge on any atom is -0.382 e. The molecule has 0 spiro atoms. The highest BCUT2D eigenvalue weighted by Crippen LogP contribution is 2.34. The topological polar surface area (TPSA) is 80.0 Å². The first-order valence-corrected chi connectivity index (χ1v) is 6.98. The number of nitrogens with zero attached hydrogens (tertiary/aromatic N) is 1. The third-order valence-corrected chi connectivity index (χ3v) is 3.63. The van der Waals surface area contributed by atoms with Crippen LogP contribution in [0.25, 0.3) is 0 Å². The van der Waals surface area contributed by atoms with Crippen LogP contribution in [-0.4, -0.2) is 29.6 Å². The van der Waals surface area contributed by atoms with E-state index in [1.807, 2.05) is 13.2 Å². The van der Waals surface area contributed by atoms with Gasteiger partial charge in [-0.1, -0.05) is 6.92 Å². The normalized spacial score (nSPS) is 10.1. The summed E-state index contributed by atoms with van der Waals surface area (Å²) in [6.45, 7) is 2.99. The van der Waals surface area contributed by atoms with E-state index in [1.54, 1.807) is 0 Å². The molecule has 5 nitrogen and oxygen atoms in total. The summed E-state index contributed by atoms with van der Waals surface area (Å²) in [7, 11) is 0. The molecule has 7 heteroatoms. The first-order valence-electron chi connectivity index (χ1n) is 4.98. The van der Waals surface area contributed by atoms with Gasteiger partial charge in [-0.15, -0.1) is 11.8 Å². The summed E-state index contributed by atoms with van der Waals surface area (Å²) >= 11 is 2.81. The Hall–Kier alpha value is -0.950. The van der Waals surface area contributed by atoms with Crippen LogP contribution >= 0.6 is 23.3 Å². The van der Waals surface area contributed by atoms with Gasteiger partial charge in [0.1, 0.15) is 5.00 Å². The van der Waals surface area contributed by atoms with Gasteiger partial charge in [0, 0.05) is 6.54 Å². The lowest BCUT2D eigenvalue weighted by molar-refractivity contribution is -0.119. The second-order valence-corrected chi connectivity index (χ2v) is 4.72. The van der Waals surface area contributed by atoms with Gasteiger partial charge >= 0.3 is 0 Å². The molecule has 1 aromatic heterocycles. The monoisotopic (exact) mass is 260 g/mol. The fraction of sp³-hybridized carbons (Fsp3) is 0.556. The van der Waals surface area contributed by atoms with Gasteiger partial charge in [0.2, 0.25) is 5.91 Å². The van der Waals surface area contributed by atoms with Crippen LogP contribution in [0.1, 0.15) is 13.3 Å². The molecule has 0 bridgehead atoms. The minimum absolute atomic E-state index is 0.0131. The number of thioether (sulfide) groups is 1. The minimum atomic E-state index is -0.0131. The van der Waals surface area contributed by atoms with E-state index < -0.39 is 0 Å². The average molecular weight is 260 g/mol. The van der Waals surface area contributed by atoms with Crippen LogP contribution in [0.3, 0.4) is 0 Å². The van der Waals surface area contributed by atoms with Crippen molar-refractivity contribution in [3.8, 4) is 0 Å². The van der Waals surface area contributed by atoms with Crippen LogP contribution in [0.4, 0.5) is 10.8 Å². The van der Waals surface area contributed by atoms with Crippen molar-refractivity contribution in [1.82, 2.24) is 9.69 Å². The SMILES string of the molecule is CCCNC(=O)CNc1snc(N)c1SC. The quantitative estimate of drug-likeness (QED) is 0.673. The van der Waals surface area contributed by atoms with E-state index in [0.717, 1.165) is 16.3 Å². The number of rotatable bonds is 6. The molecule has 4 N–H and O–H groups in total. The van der Waals surface area contributed by atoms with Gasteiger partial charge < -0.3 is 16.4 Å². The first kappa shape index (κ1) is 13.1. The Morgan fingerprint density at radius 1 is 1.62 bits per heavy atom. The molecule has 0 radical (unpaired) electrons. The number of nitrogens with two attached hydrogens (primary N) is 1. The second kappa shape index (κ2) is 6.59. The van der Waals surface area contributed by atoms with Gasteiger partial charge in [-0.2, -0.15) is 4.37 Å². The lowest BCUT2D eigenvalue weighted by atomic mass is 10.4. The maximum Gasteiger partial charge on any atom is 0.239 e. The molecule has 0 fully saturated rings. The highest BCUT2D eigenvalue weighted by Gasteiger charge is 2.10. The second-order valence-electron chi connectivity index (χ2n) is 3.13. The fourth-order valence-electron chi connectivity index (χ4n) is 1.09. The summed E-state index contributed by atoms with van der Waals surface area (Å²) < 4.78 is 4.03. The van der Waals surface area contributed by atoms with Crippen molar-refractivity contribution in [1.29, 1.82) is 0 Å². The number of carbonyl (C=O) groups excluding carboxylic acids is 1. The zero-order valence-corrected chi connectivity index (χ0v) is 11.0. The predicted octanol–water partition coefficient (Wildman–Crippen LogP) is 1.39. The fourth-order valence-corrected chi connectivity index (χ4v) is 2.63. The Morgan fingerprint density at radius 2 is 2.38 bits per heavy atom. The predicted molar refractivity (Wildman–Crippen MR) is 70.1 cm³/mol. The van der Waals surface area contributed by atoms with E-state index in [-0.39, 0.29) is 12.5 Å². The molecule has 0 saturated carbocycles. The smallest absolute Gasteiger partial charge is 0.239 e. The molecule has 0 aromatic carbocycles. The number of hydrogen-bond acceptors (Lipinski definition) is 6. The van der Waals surface area contributed by atoms with Crippen LogP contribution in [0.2, 0.25) is 0 Å². The Morgan fingerprint density at radius 3 is 3.00 bits per heavy atom. The van der Waals surface area contributed by atoms with Gasteiger partial charge in [-0.3, -0.25) is 4.79 Å². The molecule has 1 amide bonds. The molecule has 0 unspecified atom stereocenters. The van der Waals surface area contributed by atoms with Crippen molar-refractivity contribution in [3.63, 3.8) is 0 Å². The number of amides is 1. The molecule has 0 aliphatic carbocycles. The Labute approximate surface area is 103 Å². The zero-order chi connectivity index (χ0) is 12.0. The lowest BCUT2D eigenvalue weighted by Crippen LogP contribution is -2.30. The number of anilines is 2. The number of nitrogen functional groups attached to an aromatic ring is 1. The molecular formula is C9H16N4OS2. The Bertz CT molecular complexity index is 353. The van der Waals surface area contributed by atoms with Crippen LogP contribution in [-0.2, 0) is 4.79 Å². The molecule has 0 saturated heterocycles. The standard InChI is InChI=1S/C9H16N4OS2/c1-3-4-11-6(14)5-12-9-7(15-2)8(10)13-16-9/h12H,3-5H2,1-2H3,(H2,10,13)(H,11,14). The molecule has 90 valence electrons. The highest BCUT2D eigenvalue weighted by molar-refractivity contribution is 7.99. The summed E-state index contributed by atoms with van der Waals surface area (Å²) in [4.78, 5) is 12.3. The van der Waals surface area contributed by atoms with Crippen molar-refractivity contribution in [2.75, 3.05) is 30.4 Å². The lowest BCUT2D eigenvalue weighted by Gasteiger charge is -2.05. The maximum atomic E-state index is 11.4. The van der Waals surface area contributed by atoms with Crippen molar-refractivity contribution < 1.29 is 4.79 Å². The molecule has 0 aliphatic rings. The van der Waals surface area contributed by atoms with Crippen LogP contribution in [0, 0.1) is 0 Å². The van der Waals surface area contributed by atoms with Crippen molar-refractivity contribution >= 4 is 40.0 Å².